The molecule has 0 radical (unpaired) electrons. The van der Waals surface area contributed by atoms with Gasteiger partial charge in [-0.3, -0.25) is 0 Å². The molecule has 3 heteroatoms. The Hall–Kier alpha value is -0.357. The molecule has 0 nitrogen and oxygen atoms in total. The van der Waals surface area contributed by atoms with Crippen molar-refractivity contribution in [3.05, 3.63) is 64.2 Å². The molecule has 1 aliphatic rings. The van der Waals surface area contributed by atoms with Crippen LogP contribution in [0.5, 0.6) is 0 Å². The molecule has 1 atom stereocenters. The van der Waals surface area contributed by atoms with Gasteiger partial charge in [0.1, 0.15) is 0 Å². The summed E-state index contributed by atoms with van der Waals surface area (Å²) >= 11 is -2.51. The van der Waals surface area contributed by atoms with E-state index in [0.29, 0.717) is 11.8 Å². The van der Waals surface area contributed by atoms with Crippen molar-refractivity contribution in [1.29, 1.82) is 0 Å². The molecule has 0 fully saturated rings. The van der Waals surface area contributed by atoms with Crippen LogP contribution in [0, 0.1) is 5.92 Å². The third kappa shape index (κ3) is 4.10. The fraction of sp³-hybridized carbons (Fsp3) is 0.440. The summed E-state index contributed by atoms with van der Waals surface area (Å²) in [6.45, 7) is 16.0. The summed E-state index contributed by atoms with van der Waals surface area (Å²) < 4.78 is 0.264. The second-order valence-electron chi connectivity index (χ2n) is 9.50. The maximum atomic E-state index is 6.68. The topological polar surface area (TPSA) is 0 Å². The Morgan fingerprint density at radius 2 is 1.54 bits per heavy atom. The van der Waals surface area contributed by atoms with E-state index < -0.39 is 19.4 Å². The first-order valence-electron chi connectivity index (χ1n) is 10.2. The van der Waals surface area contributed by atoms with Gasteiger partial charge in [0.05, 0.1) is 0 Å². The molecule has 0 N–H and O–H groups in total. The third-order valence-electron chi connectivity index (χ3n) is 5.78. The fourth-order valence-corrected chi connectivity index (χ4v) is 10.1. The molecule has 0 spiro atoms. The first-order chi connectivity index (χ1) is 13.0. The molecule has 0 amide bonds. The molecule has 0 saturated heterocycles. The summed E-state index contributed by atoms with van der Waals surface area (Å²) in [4.78, 5) is 0. The Bertz CT molecular complexity index is 901. The van der Waals surface area contributed by atoms with E-state index in [9.17, 15) is 0 Å². The molecule has 0 saturated carbocycles. The van der Waals surface area contributed by atoms with E-state index in [1.165, 1.54) is 39.0 Å². The number of allylic oxidation sites excluding steroid dienone is 1. The summed E-state index contributed by atoms with van der Waals surface area (Å²) in [5.74, 6) is 0.925. The molecule has 1 aliphatic carbocycles. The monoisotopic (exact) mass is 491 g/mol. The number of halogens is 2. The second kappa shape index (κ2) is 8.41. The van der Waals surface area contributed by atoms with E-state index in [2.05, 4.69) is 90.9 Å². The Morgan fingerprint density at radius 1 is 0.893 bits per heavy atom. The third-order valence-corrected chi connectivity index (χ3v) is 11.0. The number of benzene rings is 2. The van der Waals surface area contributed by atoms with Gasteiger partial charge in [-0.25, -0.2) is 0 Å². The van der Waals surface area contributed by atoms with Gasteiger partial charge in [-0.15, -0.1) is 0 Å². The van der Waals surface area contributed by atoms with Crippen molar-refractivity contribution in [3.8, 4) is 11.1 Å². The molecule has 0 bridgehead atoms. The van der Waals surface area contributed by atoms with Crippen LogP contribution in [0.25, 0.3) is 17.2 Å². The van der Waals surface area contributed by atoms with E-state index in [1.54, 1.807) is 0 Å². The van der Waals surface area contributed by atoms with Gasteiger partial charge in [-0.1, -0.05) is 0 Å². The van der Waals surface area contributed by atoms with Gasteiger partial charge in [0, 0.05) is 0 Å². The van der Waals surface area contributed by atoms with Crippen molar-refractivity contribution in [2.75, 3.05) is 0 Å². The minimum atomic E-state index is -2.51. The zero-order valence-electron chi connectivity index (χ0n) is 18.0. The van der Waals surface area contributed by atoms with Crippen LogP contribution in [-0.4, -0.2) is 0 Å². The Balaban J connectivity index is 2.40. The van der Waals surface area contributed by atoms with Crippen LogP contribution in [-0.2, 0) is 24.8 Å². The van der Waals surface area contributed by atoms with Crippen molar-refractivity contribution in [2.45, 2.75) is 63.4 Å². The number of rotatable bonds is 4. The quantitative estimate of drug-likeness (QED) is 0.399. The van der Waals surface area contributed by atoms with Crippen LogP contribution in [0.2, 0.25) is 0 Å². The first-order valence-corrected chi connectivity index (χ1v) is 17.9. The summed E-state index contributed by atoms with van der Waals surface area (Å²) in [7, 11) is 13.4. The van der Waals surface area contributed by atoms with Crippen LogP contribution in [0.3, 0.4) is 0 Å². The van der Waals surface area contributed by atoms with Crippen LogP contribution < -0.4 is 0 Å². The predicted octanol–water partition coefficient (Wildman–Crippen LogP) is 8.79. The van der Waals surface area contributed by atoms with Crippen LogP contribution in [0.1, 0.15) is 80.3 Å². The van der Waals surface area contributed by atoms with Crippen molar-refractivity contribution >= 4 is 23.1 Å². The molecule has 1 unspecified atom stereocenters. The minimum absolute atomic E-state index is 0.0574. The van der Waals surface area contributed by atoms with E-state index in [1.807, 2.05) is 0 Å². The van der Waals surface area contributed by atoms with E-state index >= 15 is 0 Å². The molecule has 28 heavy (non-hydrogen) atoms. The fourth-order valence-electron chi connectivity index (χ4n) is 4.36. The number of fused-ring (bicyclic) bond motifs is 1. The zero-order chi connectivity index (χ0) is 20.8. The molecule has 0 aromatic heterocycles. The van der Waals surface area contributed by atoms with Crippen molar-refractivity contribution in [1.82, 2.24) is 0 Å². The standard InChI is InChI=1S/C25H31.2ClH.Zr/c1-16(2)19-14-18-12-13-23(25(5,6)7)24(22(18)15-19)21-11-9-8-10-20(21)17(3)4;;;/h8-17H,1-7H3;2*1H;/q;;;+2/p-2. The van der Waals surface area contributed by atoms with Gasteiger partial charge >= 0.3 is 187 Å². The summed E-state index contributed by atoms with van der Waals surface area (Å²) in [6, 6.07) is 13.5. The van der Waals surface area contributed by atoms with Gasteiger partial charge in [-0.2, -0.15) is 0 Å². The normalized spacial score (nSPS) is 16.5. The molecule has 2 aromatic carbocycles. The maximum absolute atomic E-state index is 6.68. The average molecular weight is 494 g/mol. The molecule has 0 heterocycles. The molecule has 0 aliphatic heterocycles. The van der Waals surface area contributed by atoms with Gasteiger partial charge in [0.25, 0.3) is 0 Å². The number of hydrogen-bond acceptors (Lipinski definition) is 0. The molecular formula is C25H31Cl2Zr. The average Bonchev–Trinajstić information content (AvgIpc) is 3.00. The van der Waals surface area contributed by atoms with Crippen molar-refractivity contribution < 1.29 is 19.4 Å². The van der Waals surface area contributed by atoms with E-state index in [-0.39, 0.29) is 9.04 Å². The molecular weight excluding hydrogens is 462 g/mol. The first kappa shape index (κ1) is 22.3. The van der Waals surface area contributed by atoms with E-state index in [4.69, 9.17) is 17.0 Å². The molecule has 149 valence electrons. The van der Waals surface area contributed by atoms with Gasteiger partial charge in [0.2, 0.25) is 0 Å². The van der Waals surface area contributed by atoms with Crippen molar-refractivity contribution in [3.63, 3.8) is 0 Å². The molecule has 2 aromatic rings. The second-order valence-corrected chi connectivity index (χ2v) is 18.3. The summed E-state index contributed by atoms with van der Waals surface area (Å²) in [5.41, 5.74) is 9.72. The Kier molecular flexibility index (Phi) is 6.71. The van der Waals surface area contributed by atoms with E-state index in [0.717, 1.165) is 0 Å². The van der Waals surface area contributed by atoms with Crippen LogP contribution in [0.4, 0.5) is 0 Å². The Morgan fingerprint density at radius 3 is 2.07 bits per heavy atom. The van der Waals surface area contributed by atoms with Crippen LogP contribution >= 0.6 is 17.0 Å². The summed E-state index contributed by atoms with van der Waals surface area (Å²) in [5, 5.41) is 0. The van der Waals surface area contributed by atoms with Gasteiger partial charge < -0.3 is 0 Å². The molecule has 3 rings (SSSR count). The van der Waals surface area contributed by atoms with Gasteiger partial charge in [0.15, 0.2) is 0 Å². The van der Waals surface area contributed by atoms with Crippen molar-refractivity contribution in [2.24, 2.45) is 5.92 Å². The zero-order valence-corrected chi connectivity index (χ0v) is 22.0. The number of hydrogen-bond donors (Lipinski definition) is 0. The van der Waals surface area contributed by atoms with Crippen LogP contribution in [0.15, 0.2) is 42.0 Å². The Labute approximate surface area is 186 Å². The SMILES string of the molecule is CC(C)C1=Cc2c(ccc(C(C)(C)C)c2-c2ccccc2C(C)C)[CH]1[Zr]([Cl])[Cl]. The predicted molar refractivity (Wildman–Crippen MR) is 122 cm³/mol. The van der Waals surface area contributed by atoms with Gasteiger partial charge in [-0.05, 0) is 0 Å². The summed E-state index contributed by atoms with van der Waals surface area (Å²) in [6.07, 6.45) is 2.41.